The van der Waals surface area contributed by atoms with E-state index < -0.39 is 23.1 Å². The molecule has 1 aromatic rings. The van der Waals surface area contributed by atoms with Crippen LogP contribution in [0.1, 0.15) is 19.8 Å². The van der Waals surface area contributed by atoms with Gasteiger partial charge in [0.25, 0.3) is 5.91 Å². The van der Waals surface area contributed by atoms with Gasteiger partial charge in [0.1, 0.15) is 5.75 Å². The lowest BCUT2D eigenvalue weighted by Gasteiger charge is -2.33. The van der Waals surface area contributed by atoms with Gasteiger partial charge in [-0.1, -0.05) is 0 Å². The summed E-state index contributed by atoms with van der Waals surface area (Å²) in [4.78, 5) is 11.7. The van der Waals surface area contributed by atoms with Crippen LogP contribution in [-0.2, 0) is 4.79 Å². The molecule has 1 fully saturated rings. The number of hydrogen-bond acceptors (Lipinski definition) is 2. The molecule has 1 saturated heterocycles. The van der Waals surface area contributed by atoms with Gasteiger partial charge in [-0.15, -0.1) is 0 Å². The zero-order valence-electron chi connectivity index (χ0n) is 9.73. The van der Waals surface area contributed by atoms with Crippen LogP contribution in [-0.4, -0.2) is 18.1 Å². The van der Waals surface area contributed by atoms with Crippen LogP contribution in [0.5, 0.6) is 5.75 Å². The number of amides is 1. The lowest BCUT2D eigenvalue weighted by Crippen LogP contribution is -2.52. The summed E-state index contributed by atoms with van der Waals surface area (Å²) in [5, 5.41) is 2.61. The molecule has 6 heteroatoms. The second-order valence-electron chi connectivity index (χ2n) is 4.39. The fraction of sp³-hybridized carbons (Fsp3) is 0.417. The Bertz CT molecular complexity index is 469. The van der Waals surface area contributed by atoms with E-state index in [-0.39, 0.29) is 11.7 Å². The van der Waals surface area contributed by atoms with E-state index in [1.54, 1.807) is 0 Å². The maximum absolute atomic E-state index is 13.0. The van der Waals surface area contributed by atoms with Crippen molar-refractivity contribution in [3.8, 4) is 5.75 Å². The summed E-state index contributed by atoms with van der Waals surface area (Å²) in [5.41, 5.74) is -1.19. The summed E-state index contributed by atoms with van der Waals surface area (Å²) in [6, 6.07) is 1.46. The smallest absolute Gasteiger partial charge is 0.263 e. The number of ether oxygens (including phenoxy) is 1. The lowest BCUT2D eigenvalue weighted by molar-refractivity contribution is -0.138. The number of carbonyl (C=O) groups is 1. The minimum absolute atomic E-state index is 0.203. The van der Waals surface area contributed by atoms with Gasteiger partial charge in [-0.25, -0.2) is 13.2 Å². The predicted octanol–water partition coefficient (Wildman–Crippen LogP) is 2.15. The van der Waals surface area contributed by atoms with Crippen molar-refractivity contribution in [3.63, 3.8) is 0 Å². The van der Waals surface area contributed by atoms with Gasteiger partial charge in [-0.2, -0.15) is 0 Å². The van der Waals surface area contributed by atoms with E-state index in [1.165, 1.54) is 6.92 Å². The molecule has 1 amide bonds. The number of nitrogens with one attached hydrogen (secondary N) is 1. The van der Waals surface area contributed by atoms with Crippen LogP contribution in [0.2, 0.25) is 0 Å². The van der Waals surface area contributed by atoms with Crippen molar-refractivity contribution in [2.45, 2.75) is 25.4 Å². The average molecular weight is 259 g/mol. The molecular formula is C12H12F3NO2. The first-order chi connectivity index (χ1) is 8.42. The van der Waals surface area contributed by atoms with Crippen LogP contribution in [0.4, 0.5) is 13.2 Å². The number of carbonyl (C=O) groups excluding carboxylic acids is 1. The first-order valence-electron chi connectivity index (χ1n) is 5.54. The van der Waals surface area contributed by atoms with Gasteiger partial charge in [0.15, 0.2) is 23.1 Å². The zero-order chi connectivity index (χ0) is 13.3. The normalized spacial score (nSPS) is 23.7. The first-order valence-corrected chi connectivity index (χ1v) is 5.54. The number of rotatable bonds is 2. The second kappa shape index (κ2) is 4.51. The van der Waals surface area contributed by atoms with Crippen LogP contribution in [0.25, 0.3) is 0 Å². The van der Waals surface area contributed by atoms with E-state index in [0.717, 1.165) is 12.1 Å². The average Bonchev–Trinajstić information content (AvgIpc) is 2.30. The highest BCUT2D eigenvalue weighted by molar-refractivity contribution is 5.85. The topological polar surface area (TPSA) is 38.3 Å². The summed E-state index contributed by atoms with van der Waals surface area (Å²) in [6.45, 7) is 2.07. The number of hydrogen-bond donors (Lipinski definition) is 1. The fourth-order valence-corrected chi connectivity index (χ4v) is 1.88. The molecule has 2 rings (SSSR count). The molecule has 0 aliphatic carbocycles. The molecular weight excluding hydrogens is 247 g/mol. The summed E-state index contributed by atoms with van der Waals surface area (Å²) in [7, 11) is 0. The van der Waals surface area contributed by atoms with Crippen molar-refractivity contribution in [3.05, 3.63) is 29.6 Å². The van der Waals surface area contributed by atoms with E-state index in [1.807, 2.05) is 0 Å². The Morgan fingerprint density at radius 2 is 1.89 bits per heavy atom. The molecule has 0 radical (unpaired) electrons. The van der Waals surface area contributed by atoms with Crippen molar-refractivity contribution in [1.29, 1.82) is 0 Å². The van der Waals surface area contributed by atoms with Crippen molar-refractivity contribution < 1.29 is 22.7 Å². The third-order valence-corrected chi connectivity index (χ3v) is 2.90. The first kappa shape index (κ1) is 12.7. The Hall–Kier alpha value is -1.72. The Morgan fingerprint density at radius 1 is 1.28 bits per heavy atom. The van der Waals surface area contributed by atoms with Gasteiger partial charge < -0.3 is 10.1 Å². The maximum atomic E-state index is 13.0. The SMILES string of the molecule is CC1(Oc2cc(F)c(F)c(F)c2)CCCNC1=O. The molecule has 0 aromatic heterocycles. The summed E-state index contributed by atoms with van der Waals surface area (Å²) >= 11 is 0. The van der Waals surface area contributed by atoms with E-state index in [9.17, 15) is 18.0 Å². The molecule has 1 N–H and O–H groups in total. The molecule has 1 atom stereocenters. The molecule has 0 bridgehead atoms. The third-order valence-electron chi connectivity index (χ3n) is 2.90. The quantitative estimate of drug-likeness (QED) is 0.826. The predicted molar refractivity (Wildman–Crippen MR) is 57.6 cm³/mol. The molecule has 1 unspecified atom stereocenters. The van der Waals surface area contributed by atoms with Crippen molar-refractivity contribution in [1.82, 2.24) is 5.32 Å². The molecule has 1 aliphatic rings. The van der Waals surface area contributed by atoms with Crippen molar-refractivity contribution in [2.24, 2.45) is 0 Å². The fourth-order valence-electron chi connectivity index (χ4n) is 1.88. The Labute approximate surface area is 102 Å². The number of benzene rings is 1. The highest BCUT2D eigenvalue weighted by Gasteiger charge is 2.38. The van der Waals surface area contributed by atoms with E-state index in [4.69, 9.17) is 4.74 Å². The second-order valence-corrected chi connectivity index (χ2v) is 4.39. The van der Waals surface area contributed by atoms with Gasteiger partial charge in [0.2, 0.25) is 0 Å². The molecule has 18 heavy (non-hydrogen) atoms. The van der Waals surface area contributed by atoms with Gasteiger partial charge in [-0.05, 0) is 19.8 Å². The largest absolute Gasteiger partial charge is 0.478 e. The van der Waals surface area contributed by atoms with Gasteiger partial charge in [-0.3, -0.25) is 4.79 Å². The van der Waals surface area contributed by atoms with E-state index in [2.05, 4.69) is 5.32 Å². The van der Waals surface area contributed by atoms with Crippen molar-refractivity contribution >= 4 is 5.91 Å². The summed E-state index contributed by atoms with van der Waals surface area (Å²) in [6.07, 6.45) is 1.13. The van der Waals surface area contributed by atoms with Crippen LogP contribution >= 0.6 is 0 Å². The van der Waals surface area contributed by atoms with Crippen molar-refractivity contribution in [2.75, 3.05) is 6.54 Å². The van der Waals surface area contributed by atoms with Crippen LogP contribution in [0.15, 0.2) is 12.1 Å². The van der Waals surface area contributed by atoms with E-state index >= 15 is 0 Å². The Kier molecular flexibility index (Phi) is 3.19. The highest BCUT2D eigenvalue weighted by Crippen LogP contribution is 2.27. The molecule has 1 aromatic carbocycles. The summed E-state index contributed by atoms with van der Waals surface area (Å²) < 4.78 is 44.1. The molecule has 0 spiro atoms. The minimum atomic E-state index is -1.56. The number of piperidine rings is 1. The minimum Gasteiger partial charge on any atom is -0.478 e. The lowest BCUT2D eigenvalue weighted by atomic mass is 9.95. The van der Waals surface area contributed by atoms with Crippen LogP contribution in [0.3, 0.4) is 0 Å². The number of halogens is 3. The van der Waals surface area contributed by atoms with Crippen LogP contribution < -0.4 is 10.1 Å². The highest BCUT2D eigenvalue weighted by atomic mass is 19.2. The van der Waals surface area contributed by atoms with Crippen LogP contribution in [0, 0.1) is 17.5 Å². The standard InChI is InChI=1S/C12H12F3NO2/c1-12(3-2-4-16-11(12)17)18-7-5-8(13)10(15)9(14)6-7/h5-6H,2-4H2,1H3,(H,16,17). The van der Waals surface area contributed by atoms with E-state index in [0.29, 0.717) is 19.4 Å². The molecule has 0 saturated carbocycles. The van der Waals surface area contributed by atoms with Gasteiger partial charge in [0.05, 0.1) is 0 Å². The molecule has 1 aliphatic heterocycles. The molecule has 3 nitrogen and oxygen atoms in total. The maximum Gasteiger partial charge on any atom is 0.263 e. The van der Waals surface area contributed by atoms with Gasteiger partial charge in [0, 0.05) is 18.7 Å². The van der Waals surface area contributed by atoms with Gasteiger partial charge >= 0.3 is 0 Å². The molecule has 1 heterocycles. The summed E-state index contributed by atoms with van der Waals surface area (Å²) in [5.74, 6) is -4.79. The Balaban J connectivity index is 2.26. The Morgan fingerprint density at radius 3 is 2.44 bits per heavy atom. The zero-order valence-corrected chi connectivity index (χ0v) is 9.73. The third kappa shape index (κ3) is 2.27. The molecule has 98 valence electrons. The monoisotopic (exact) mass is 259 g/mol.